The highest BCUT2D eigenvalue weighted by molar-refractivity contribution is 5.77. The lowest BCUT2D eigenvalue weighted by atomic mass is 9.57. The van der Waals surface area contributed by atoms with Gasteiger partial charge in [-0.2, -0.15) is 18.3 Å². The number of urea groups is 1. The number of amides is 2. The van der Waals surface area contributed by atoms with Gasteiger partial charge in [-0.05, 0) is 44.4 Å². The van der Waals surface area contributed by atoms with Gasteiger partial charge in [-0.3, -0.25) is 0 Å². The van der Waals surface area contributed by atoms with E-state index in [1.54, 1.807) is 6.33 Å². The van der Waals surface area contributed by atoms with Crippen molar-refractivity contribution in [2.24, 2.45) is 16.7 Å². The Morgan fingerprint density at radius 2 is 1.63 bits per heavy atom. The zero-order chi connectivity index (χ0) is 24.2. The van der Waals surface area contributed by atoms with Crippen LogP contribution in [0.4, 0.5) is 18.0 Å². The van der Waals surface area contributed by atoms with E-state index in [0.29, 0.717) is 18.3 Å². The summed E-state index contributed by atoms with van der Waals surface area (Å²) >= 11 is 0. The Hall–Kier alpha value is -2.63. The average Bonchev–Trinajstić information content (AvgIpc) is 3.10. The smallest absolute Gasteiger partial charge is 0.382 e. The monoisotopic (exact) mass is 491 g/mol. The van der Waals surface area contributed by atoms with Gasteiger partial charge in [-0.1, -0.05) is 0 Å². The molecule has 2 aliphatic heterocycles. The van der Waals surface area contributed by atoms with Crippen molar-refractivity contribution in [2.75, 3.05) is 26.2 Å². The van der Waals surface area contributed by atoms with E-state index in [9.17, 15) is 23.1 Å². The highest BCUT2D eigenvalue weighted by atomic mass is 19.4. The first-order chi connectivity index (χ1) is 16.5. The minimum Gasteiger partial charge on any atom is -0.382 e. The summed E-state index contributed by atoms with van der Waals surface area (Å²) < 4.78 is 41.6. The second-order valence-electron chi connectivity index (χ2n) is 11.9. The fourth-order valence-electron chi connectivity index (χ4n) is 6.85. The van der Waals surface area contributed by atoms with Gasteiger partial charge in [0.2, 0.25) is 0 Å². The van der Waals surface area contributed by atoms with Crippen molar-refractivity contribution < 1.29 is 23.1 Å². The van der Waals surface area contributed by atoms with Crippen molar-refractivity contribution in [1.82, 2.24) is 34.1 Å². The van der Waals surface area contributed by atoms with Crippen molar-refractivity contribution in [2.45, 2.75) is 62.9 Å². The van der Waals surface area contributed by atoms with Crippen molar-refractivity contribution >= 4 is 6.03 Å². The molecule has 188 valence electrons. The molecule has 7 rings (SSSR count). The van der Waals surface area contributed by atoms with Crippen LogP contribution < -0.4 is 0 Å². The first-order valence-corrected chi connectivity index (χ1v) is 12.3. The number of carbonyl (C=O) groups is 1. The van der Waals surface area contributed by atoms with Crippen LogP contribution in [0, 0.1) is 16.7 Å². The van der Waals surface area contributed by atoms with Gasteiger partial charge in [0.15, 0.2) is 11.5 Å². The fraction of sp³-hybridized carbons (Fsp3) is 0.739. The summed E-state index contributed by atoms with van der Waals surface area (Å²) in [5, 5.41) is 14.6. The van der Waals surface area contributed by atoms with E-state index in [4.69, 9.17) is 0 Å². The maximum absolute atomic E-state index is 12.9. The lowest BCUT2D eigenvalue weighted by molar-refractivity contribution is -0.141. The van der Waals surface area contributed by atoms with Gasteiger partial charge in [0, 0.05) is 49.8 Å². The van der Waals surface area contributed by atoms with Crippen LogP contribution in [0.1, 0.15) is 56.1 Å². The maximum Gasteiger partial charge on any atom is 0.434 e. The number of halogens is 3. The molecule has 3 aliphatic carbocycles. The fourth-order valence-corrected chi connectivity index (χ4v) is 6.85. The summed E-state index contributed by atoms with van der Waals surface area (Å²) in [5.74, 6) is 0.865. The molecule has 2 aromatic heterocycles. The summed E-state index contributed by atoms with van der Waals surface area (Å²) in [5.41, 5.74) is -1.32. The molecule has 0 unspecified atom stereocenters. The van der Waals surface area contributed by atoms with Crippen LogP contribution in [-0.2, 0) is 18.3 Å². The molecule has 0 radical (unpaired) electrons. The predicted octanol–water partition coefficient (Wildman–Crippen LogP) is 2.64. The van der Waals surface area contributed by atoms with Crippen LogP contribution in [-0.4, -0.2) is 71.4 Å². The lowest BCUT2D eigenvalue weighted by Crippen LogP contribution is -2.71. The number of hydrogen-bond donors (Lipinski definition) is 1. The third kappa shape index (κ3) is 3.47. The van der Waals surface area contributed by atoms with Gasteiger partial charge in [0.25, 0.3) is 0 Å². The first-order valence-electron chi connectivity index (χ1n) is 12.3. The molecule has 9 nitrogen and oxygen atoms in total. The van der Waals surface area contributed by atoms with Crippen molar-refractivity contribution in [3.05, 3.63) is 30.4 Å². The van der Waals surface area contributed by atoms with E-state index < -0.39 is 17.5 Å². The highest BCUT2D eigenvalue weighted by Gasteiger charge is 2.59. The number of aliphatic hydroxyl groups is 1. The number of aromatic nitrogens is 5. The number of imidazole rings is 1. The van der Waals surface area contributed by atoms with Gasteiger partial charge < -0.3 is 19.5 Å². The molecule has 5 aliphatic rings. The topological polar surface area (TPSA) is 92.3 Å². The molecule has 0 bridgehead atoms. The third-order valence-electron chi connectivity index (χ3n) is 8.84. The van der Waals surface area contributed by atoms with Crippen LogP contribution >= 0.6 is 0 Å². The van der Waals surface area contributed by atoms with Crippen LogP contribution in [0.15, 0.2) is 18.9 Å². The van der Waals surface area contributed by atoms with E-state index in [0.717, 1.165) is 70.9 Å². The molecule has 0 aromatic carbocycles. The average molecular weight is 492 g/mol. The van der Waals surface area contributed by atoms with E-state index in [1.807, 2.05) is 14.5 Å². The molecule has 1 N–H and O–H groups in total. The van der Waals surface area contributed by atoms with Gasteiger partial charge in [-0.25, -0.2) is 19.4 Å². The summed E-state index contributed by atoms with van der Waals surface area (Å²) in [6.45, 7) is 3.60. The van der Waals surface area contributed by atoms with Crippen molar-refractivity contribution in [1.29, 1.82) is 0 Å². The van der Waals surface area contributed by atoms with Crippen LogP contribution in [0.2, 0.25) is 0 Å². The molecule has 2 spiro atoms. The van der Waals surface area contributed by atoms with Crippen LogP contribution in [0.5, 0.6) is 0 Å². The van der Waals surface area contributed by atoms with Gasteiger partial charge in [0.05, 0.1) is 12.4 Å². The maximum atomic E-state index is 12.9. The Balaban J connectivity index is 0.845. The number of nitrogens with zero attached hydrogens (tertiary/aromatic N) is 7. The van der Waals surface area contributed by atoms with E-state index in [2.05, 4.69) is 15.1 Å². The standard InChI is InChI=1S/C23H28F3N7O2/c24-23(25,26)17-8-30(13-27-17)7-15-3-20(4-15)9-31(10-20)19(34)32-11-21(12-32)5-16(6-21)33-14-28-18(29-33)22(35)1-2-22/h8,13-16,35H,1-7,9-12H2. The lowest BCUT2D eigenvalue weighted by Gasteiger charge is -2.63. The molecule has 3 saturated carbocycles. The molecule has 12 heteroatoms. The van der Waals surface area contributed by atoms with Crippen LogP contribution in [0.3, 0.4) is 0 Å². The van der Waals surface area contributed by atoms with E-state index >= 15 is 0 Å². The molecule has 4 heterocycles. The third-order valence-corrected chi connectivity index (χ3v) is 8.84. The summed E-state index contributed by atoms with van der Waals surface area (Å²) in [6, 6.07) is 0.398. The molecule has 0 atom stereocenters. The summed E-state index contributed by atoms with van der Waals surface area (Å²) in [6.07, 6.45) is 4.95. The Labute approximate surface area is 199 Å². The summed E-state index contributed by atoms with van der Waals surface area (Å²) in [7, 11) is 0. The van der Waals surface area contributed by atoms with Crippen LogP contribution in [0.25, 0.3) is 0 Å². The van der Waals surface area contributed by atoms with Gasteiger partial charge >= 0.3 is 12.2 Å². The molecule has 2 saturated heterocycles. The molecule has 2 amide bonds. The largest absolute Gasteiger partial charge is 0.434 e. The molecule has 2 aromatic rings. The van der Waals surface area contributed by atoms with E-state index in [1.165, 1.54) is 10.9 Å². The predicted molar refractivity (Wildman–Crippen MR) is 115 cm³/mol. The first kappa shape index (κ1) is 21.6. The van der Waals surface area contributed by atoms with Gasteiger partial charge in [-0.15, -0.1) is 0 Å². The molecular formula is C23H28F3N7O2. The minimum atomic E-state index is -4.41. The normalized spacial score (nSPS) is 26.3. The zero-order valence-electron chi connectivity index (χ0n) is 19.3. The molecule has 5 fully saturated rings. The Kier molecular flexibility index (Phi) is 4.19. The van der Waals surface area contributed by atoms with E-state index in [-0.39, 0.29) is 22.9 Å². The SMILES string of the molecule is O=C(N1CC2(CC(Cn3cnc(C(F)(F)F)c3)C2)C1)N1CC2(CC(n3cnc(C4(O)CC4)n3)C2)C1. The number of rotatable bonds is 4. The highest BCUT2D eigenvalue weighted by Crippen LogP contribution is 2.56. The van der Waals surface area contributed by atoms with Gasteiger partial charge in [0.1, 0.15) is 11.9 Å². The number of likely N-dealkylation sites (tertiary alicyclic amines) is 2. The Morgan fingerprint density at radius 1 is 1.00 bits per heavy atom. The Morgan fingerprint density at radius 3 is 2.20 bits per heavy atom. The quantitative estimate of drug-likeness (QED) is 0.710. The Bertz CT molecular complexity index is 1160. The second-order valence-corrected chi connectivity index (χ2v) is 11.9. The van der Waals surface area contributed by atoms with Crippen molar-refractivity contribution in [3.63, 3.8) is 0 Å². The number of hydrogen-bond acceptors (Lipinski definition) is 5. The van der Waals surface area contributed by atoms with Crippen molar-refractivity contribution in [3.8, 4) is 0 Å². The molecule has 35 heavy (non-hydrogen) atoms. The second kappa shape index (κ2) is 6.77. The zero-order valence-corrected chi connectivity index (χ0v) is 19.3. The number of carbonyl (C=O) groups excluding carboxylic acids is 1. The molecular weight excluding hydrogens is 463 g/mol. The summed E-state index contributed by atoms with van der Waals surface area (Å²) in [4.78, 5) is 24.5. The minimum absolute atomic E-state index is 0.108. The number of alkyl halides is 3.